The van der Waals surface area contributed by atoms with Gasteiger partial charge in [0, 0.05) is 47.6 Å². The van der Waals surface area contributed by atoms with E-state index in [2.05, 4.69) is 50.6 Å². The Kier molecular flexibility index (Phi) is 6.39. The Bertz CT molecular complexity index is 1120. The minimum atomic E-state index is -0.426. The summed E-state index contributed by atoms with van der Waals surface area (Å²) in [4.78, 5) is 19.8. The average molecular weight is 419 g/mol. The number of hydrogen-bond donors (Lipinski definition) is 2. The second kappa shape index (κ2) is 9.37. The SMILES string of the molecule is CN(C)CCN(C)CCOC(=O)Nc1ccc(-c2c[nH]c3c2=C2CC=CC=C2C=3)cc1. The van der Waals surface area contributed by atoms with Crippen molar-refractivity contribution in [3.05, 3.63) is 64.8 Å². The van der Waals surface area contributed by atoms with E-state index < -0.39 is 6.09 Å². The summed E-state index contributed by atoms with van der Waals surface area (Å²) < 4.78 is 5.32. The highest BCUT2D eigenvalue weighted by atomic mass is 16.5. The number of anilines is 1. The number of aromatic amines is 1. The zero-order valence-electron chi connectivity index (χ0n) is 18.4. The number of likely N-dealkylation sites (N-methyl/N-ethyl adjacent to an activating group) is 2. The molecule has 0 aliphatic heterocycles. The maximum absolute atomic E-state index is 12.1. The van der Waals surface area contributed by atoms with Crippen LogP contribution in [-0.2, 0) is 4.74 Å². The van der Waals surface area contributed by atoms with E-state index in [0.29, 0.717) is 13.2 Å². The topological polar surface area (TPSA) is 60.6 Å². The number of carbonyl (C=O) groups excluding carboxylic acids is 1. The van der Waals surface area contributed by atoms with Crippen molar-refractivity contribution in [2.24, 2.45) is 0 Å². The summed E-state index contributed by atoms with van der Waals surface area (Å²) in [5.74, 6) is 0. The van der Waals surface area contributed by atoms with Crippen molar-refractivity contribution < 1.29 is 9.53 Å². The molecule has 162 valence electrons. The second-order valence-electron chi connectivity index (χ2n) is 8.31. The van der Waals surface area contributed by atoms with Crippen LogP contribution in [0.4, 0.5) is 10.5 Å². The first-order valence-corrected chi connectivity index (χ1v) is 10.7. The molecule has 6 heteroatoms. The molecular formula is C25H30N4O2. The Morgan fingerprint density at radius 3 is 2.71 bits per heavy atom. The van der Waals surface area contributed by atoms with Crippen LogP contribution < -0.4 is 15.9 Å². The summed E-state index contributed by atoms with van der Waals surface area (Å²) in [6, 6.07) is 7.91. The number of H-pyrrole nitrogens is 1. The Balaban J connectivity index is 1.34. The van der Waals surface area contributed by atoms with Gasteiger partial charge in [0.1, 0.15) is 6.61 Å². The predicted octanol–water partition coefficient (Wildman–Crippen LogP) is 2.55. The normalized spacial score (nSPS) is 14.4. The molecule has 0 saturated carbocycles. The molecule has 0 atom stereocenters. The molecule has 1 aromatic carbocycles. The van der Waals surface area contributed by atoms with Crippen LogP contribution in [0.2, 0.25) is 0 Å². The molecule has 4 rings (SSSR count). The van der Waals surface area contributed by atoms with Crippen LogP contribution in [0.3, 0.4) is 0 Å². The fourth-order valence-electron chi connectivity index (χ4n) is 3.88. The first kappa shape index (κ1) is 21.2. The van der Waals surface area contributed by atoms with E-state index in [-0.39, 0.29) is 0 Å². The van der Waals surface area contributed by atoms with Crippen LogP contribution in [0, 0.1) is 0 Å². The van der Waals surface area contributed by atoms with E-state index in [0.717, 1.165) is 30.8 Å². The minimum Gasteiger partial charge on any atom is -0.448 e. The van der Waals surface area contributed by atoms with Gasteiger partial charge in [0.2, 0.25) is 0 Å². The molecule has 0 bridgehead atoms. The summed E-state index contributed by atoms with van der Waals surface area (Å²) in [5.41, 5.74) is 5.70. The number of hydrogen-bond acceptors (Lipinski definition) is 4. The van der Waals surface area contributed by atoms with Gasteiger partial charge in [-0.05, 0) is 62.5 Å². The number of allylic oxidation sites excluding steroid dienone is 4. The number of nitrogens with one attached hydrogen (secondary N) is 2. The van der Waals surface area contributed by atoms with Crippen molar-refractivity contribution >= 4 is 23.4 Å². The van der Waals surface area contributed by atoms with E-state index in [1.807, 2.05) is 45.4 Å². The number of rotatable bonds is 8. The van der Waals surface area contributed by atoms with Gasteiger partial charge in [-0.25, -0.2) is 4.79 Å². The van der Waals surface area contributed by atoms with Crippen LogP contribution in [0.5, 0.6) is 0 Å². The number of ether oxygens (including phenoxy) is 1. The third-order valence-electron chi connectivity index (χ3n) is 5.67. The molecule has 2 aliphatic rings. The maximum Gasteiger partial charge on any atom is 0.411 e. The van der Waals surface area contributed by atoms with Gasteiger partial charge in [0.15, 0.2) is 0 Å². The largest absolute Gasteiger partial charge is 0.448 e. The van der Waals surface area contributed by atoms with E-state index in [4.69, 9.17) is 4.74 Å². The Labute approximate surface area is 183 Å². The Morgan fingerprint density at radius 2 is 1.94 bits per heavy atom. The van der Waals surface area contributed by atoms with Gasteiger partial charge in [-0.15, -0.1) is 0 Å². The smallest absolute Gasteiger partial charge is 0.411 e. The van der Waals surface area contributed by atoms with Gasteiger partial charge >= 0.3 is 6.09 Å². The summed E-state index contributed by atoms with van der Waals surface area (Å²) in [6.45, 7) is 2.99. The molecule has 0 saturated heterocycles. The van der Waals surface area contributed by atoms with Crippen LogP contribution >= 0.6 is 0 Å². The number of fused-ring (bicyclic) bond motifs is 2. The number of carbonyl (C=O) groups is 1. The van der Waals surface area contributed by atoms with E-state index in [9.17, 15) is 4.79 Å². The molecule has 0 unspecified atom stereocenters. The third kappa shape index (κ3) is 4.98. The molecule has 31 heavy (non-hydrogen) atoms. The molecule has 1 amide bonds. The molecule has 0 spiro atoms. The molecule has 1 aromatic heterocycles. The summed E-state index contributed by atoms with van der Waals surface area (Å²) >= 11 is 0. The lowest BCUT2D eigenvalue weighted by atomic mass is 9.97. The molecule has 2 N–H and O–H groups in total. The molecule has 2 aliphatic carbocycles. The number of aromatic nitrogens is 1. The molecular weight excluding hydrogens is 388 g/mol. The van der Waals surface area contributed by atoms with Crippen molar-refractivity contribution in [1.29, 1.82) is 0 Å². The van der Waals surface area contributed by atoms with Gasteiger partial charge in [-0.2, -0.15) is 0 Å². The first-order chi connectivity index (χ1) is 15.0. The number of nitrogens with zero attached hydrogens (tertiary/aromatic N) is 2. The minimum absolute atomic E-state index is 0.364. The zero-order chi connectivity index (χ0) is 21.8. The highest BCUT2D eigenvalue weighted by Gasteiger charge is 2.16. The lowest BCUT2D eigenvalue weighted by Gasteiger charge is -2.19. The van der Waals surface area contributed by atoms with Crippen molar-refractivity contribution in [1.82, 2.24) is 14.8 Å². The fraction of sp³-hybridized carbons (Fsp3) is 0.320. The van der Waals surface area contributed by atoms with Gasteiger partial charge in [-0.1, -0.05) is 30.4 Å². The lowest BCUT2D eigenvalue weighted by Crippen LogP contribution is -2.31. The van der Waals surface area contributed by atoms with E-state index >= 15 is 0 Å². The molecule has 0 fully saturated rings. The first-order valence-electron chi connectivity index (χ1n) is 10.7. The van der Waals surface area contributed by atoms with Gasteiger partial charge in [-0.3, -0.25) is 5.32 Å². The Morgan fingerprint density at radius 1 is 1.13 bits per heavy atom. The maximum atomic E-state index is 12.1. The lowest BCUT2D eigenvalue weighted by molar-refractivity contribution is 0.144. The third-order valence-corrected chi connectivity index (χ3v) is 5.67. The standard InChI is InChI=1S/C25H30N4O2/c1-28(2)12-13-29(3)14-15-31-25(30)27-20-10-8-18(9-11-20)22-17-26-23-16-19-6-4-5-7-21(19)24(22)23/h4-6,8-11,16-17,26H,7,12-15H2,1-3H3,(H,27,30). The summed E-state index contributed by atoms with van der Waals surface area (Å²) in [5, 5.41) is 5.26. The highest BCUT2D eigenvalue weighted by molar-refractivity contribution is 5.88. The highest BCUT2D eigenvalue weighted by Crippen LogP contribution is 2.26. The van der Waals surface area contributed by atoms with Crippen LogP contribution in [0.1, 0.15) is 6.42 Å². The number of benzene rings is 1. The molecule has 0 radical (unpaired) electrons. The quantitative estimate of drug-likeness (QED) is 0.692. The monoisotopic (exact) mass is 418 g/mol. The molecule has 1 heterocycles. The zero-order valence-corrected chi connectivity index (χ0v) is 18.4. The van der Waals surface area contributed by atoms with E-state index in [1.165, 1.54) is 27.3 Å². The Hall–Kier alpha value is -3.09. The van der Waals surface area contributed by atoms with Crippen LogP contribution in [0.15, 0.2) is 54.3 Å². The van der Waals surface area contributed by atoms with Gasteiger partial charge in [0.25, 0.3) is 0 Å². The fourth-order valence-corrected chi connectivity index (χ4v) is 3.88. The van der Waals surface area contributed by atoms with Crippen LogP contribution in [-0.4, -0.2) is 68.3 Å². The predicted molar refractivity (Wildman–Crippen MR) is 126 cm³/mol. The van der Waals surface area contributed by atoms with Crippen molar-refractivity contribution in [3.8, 4) is 11.1 Å². The van der Waals surface area contributed by atoms with E-state index in [1.54, 1.807) is 0 Å². The van der Waals surface area contributed by atoms with Crippen molar-refractivity contribution in [2.75, 3.05) is 52.7 Å². The summed E-state index contributed by atoms with van der Waals surface area (Å²) in [7, 11) is 6.12. The van der Waals surface area contributed by atoms with Gasteiger partial charge < -0.3 is 19.5 Å². The second-order valence-corrected chi connectivity index (χ2v) is 8.31. The average Bonchev–Trinajstić information content (AvgIpc) is 3.32. The summed E-state index contributed by atoms with van der Waals surface area (Å²) in [6.07, 6.45) is 11.3. The molecule has 6 nitrogen and oxygen atoms in total. The van der Waals surface area contributed by atoms with Gasteiger partial charge in [0.05, 0.1) is 0 Å². The van der Waals surface area contributed by atoms with Crippen molar-refractivity contribution in [2.45, 2.75) is 6.42 Å². The van der Waals surface area contributed by atoms with Crippen molar-refractivity contribution in [3.63, 3.8) is 0 Å². The molecule has 2 aromatic rings. The number of amides is 1. The van der Waals surface area contributed by atoms with Crippen LogP contribution in [0.25, 0.3) is 22.8 Å².